The zero-order valence-corrected chi connectivity index (χ0v) is 17.0. The Balaban J connectivity index is 0.00000261. The highest BCUT2D eigenvalue weighted by atomic mass is 35.5. The van der Waals surface area contributed by atoms with Crippen LogP contribution in [-0.4, -0.2) is 11.1 Å². The molecule has 1 fully saturated rings. The maximum Gasteiger partial charge on any atom is 0.335 e. The number of rotatable bonds is 7. The molecular formula is C24H31ClO2. The van der Waals surface area contributed by atoms with E-state index in [-0.39, 0.29) is 12.4 Å². The molecule has 146 valence electrons. The SMILES string of the molecule is CCCCCC1CCC(c2ccc(-c3ccc(C(=O)O)cc3)cc2)CC1.Cl. The molecule has 0 atom stereocenters. The maximum atomic E-state index is 11.0. The largest absolute Gasteiger partial charge is 0.478 e. The summed E-state index contributed by atoms with van der Waals surface area (Å²) in [4.78, 5) is 11.0. The maximum absolute atomic E-state index is 11.0. The number of hydrogen-bond donors (Lipinski definition) is 1. The molecule has 1 aliphatic carbocycles. The van der Waals surface area contributed by atoms with E-state index < -0.39 is 5.97 Å². The van der Waals surface area contributed by atoms with Gasteiger partial charge in [-0.15, -0.1) is 12.4 Å². The van der Waals surface area contributed by atoms with E-state index >= 15 is 0 Å². The minimum Gasteiger partial charge on any atom is -0.478 e. The van der Waals surface area contributed by atoms with Crippen LogP contribution in [0.2, 0.25) is 0 Å². The predicted molar refractivity (Wildman–Crippen MR) is 115 cm³/mol. The molecule has 3 heteroatoms. The molecule has 0 heterocycles. The van der Waals surface area contributed by atoms with Gasteiger partial charge in [0.1, 0.15) is 0 Å². The fourth-order valence-corrected chi connectivity index (χ4v) is 4.22. The molecule has 0 aliphatic heterocycles. The standard InChI is InChI=1S/C24H30O2.ClH/c1-2-3-4-5-18-6-8-19(9-7-18)20-10-12-21(13-11-20)22-14-16-23(17-15-22)24(25)26;/h10-19H,2-9H2,1H3,(H,25,26);1H. The fourth-order valence-electron chi connectivity index (χ4n) is 4.22. The zero-order chi connectivity index (χ0) is 18.4. The van der Waals surface area contributed by atoms with Crippen LogP contribution in [0.3, 0.4) is 0 Å². The van der Waals surface area contributed by atoms with Gasteiger partial charge in [0.25, 0.3) is 0 Å². The number of unbranched alkanes of at least 4 members (excludes halogenated alkanes) is 2. The first-order valence-electron chi connectivity index (χ1n) is 10.1. The summed E-state index contributed by atoms with van der Waals surface area (Å²) in [5.74, 6) is 0.780. The van der Waals surface area contributed by atoms with Gasteiger partial charge in [-0.05, 0) is 66.3 Å². The van der Waals surface area contributed by atoms with Gasteiger partial charge in [0.2, 0.25) is 0 Å². The first-order valence-corrected chi connectivity index (χ1v) is 10.1. The van der Waals surface area contributed by atoms with Crippen molar-refractivity contribution in [3.8, 4) is 11.1 Å². The first-order chi connectivity index (χ1) is 12.7. The molecule has 1 aliphatic rings. The lowest BCUT2D eigenvalue weighted by Gasteiger charge is -2.29. The second-order valence-electron chi connectivity index (χ2n) is 7.72. The number of aromatic carboxylic acids is 1. The lowest BCUT2D eigenvalue weighted by Crippen LogP contribution is -2.13. The Morgan fingerprint density at radius 1 is 0.889 bits per heavy atom. The third kappa shape index (κ3) is 5.84. The van der Waals surface area contributed by atoms with Gasteiger partial charge in [0.05, 0.1) is 5.56 Å². The lowest BCUT2D eigenvalue weighted by atomic mass is 9.77. The highest BCUT2D eigenvalue weighted by molar-refractivity contribution is 5.88. The molecule has 0 saturated heterocycles. The van der Waals surface area contributed by atoms with Crippen molar-refractivity contribution in [2.75, 3.05) is 0 Å². The van der Waals surface area contributed by atoms with Crippen LogP contribution in [0, 0.1) is 5.92 Å². The Bertz CT molecular complexity index is 698. The number of hydrogen-bond acceptors (Lipinski definition) is 1. The molecule has 0 spiro atoms. The van der Waals surface area contributed by atoms with Crippen molar-refractivity contribution in [1.29, 1.82) is 0 Å². The predicted octanol–water partition coefficient (Wildman–Crippen LogP) is 7.33. The van der Waals surface area contributed by atoms with E-state index in [9.17, 15) is 4.79 Å². The Morgan fingerprint density at radius 3 is 1.96 bits per heavy atom. The van der Waals surface area contributed by atoms with E-state index in [4.69, 9.17) is 5.11 Å². The highest BCUT2D eigenvalue weighted by Gasteiger charge is 2.22. The van der Waals surface area contributed by atoms with E-state index in [2.05, 4.69) is 31.2 Å². The van der Waals surface area contributed by atoms with Crippen LogP contribution < -0.4 is 0 Å². The van der Waals surface area contributed by atoms with Gasteiger partial charge in [0.15, 0.2) is 0 Å². The van der Waals surface area contributed by atoms with Gasteiger partial charge in [-0.1, -0.05) is 69.0 Å². The van der Waals surface area contributed by atoms with Crippen LogP contribution in [-0.2, 0) is 0 Å². The summed E-state index contributed by atoms with van der Waals surface area (Å²) in [5.41, 5.74) is 4.02. The molecule has 1 saturated carbocycles. The minimum atomic E-state index is -0.878. The summed E-state index contributed by atoms with van der Waals surface area (Å²) in [6.45, 7) is 2.28. The van der Waals surface area contributed by atoms with Gasteiger partial charge in [-0.3, -0.25) is 0 Å². The molecule has 27 heavy (non-hydrogen) atoms. The molecule has 0 radical (unpaired) electrons. The number of carboxylic acids is 1. The summed E-state index contributed by atoms with van der Waals surface area (Å²) in [7, 11) is 0. The van der Waals surface area contributed by atoms with Gasteiger partial charge in [-0.25, -0.2) is 4.79 Å². The van der Waals surface area contributed by atoms with Gasteiger partial charge in [0, 0.05) is 0 Å². The summed E-state index contributed by atoms with van der Waals surface area (Å²) in [6.07, 6.45) is 10.9. The van der Waals surface area contributed by atoms with E-state index in [0.29, 0.717) is 11.5 Å². The number of halogens is 1. The van der Waals surface area contributed by atoms with Crippen molar-refractivity contribution in [3.63, 3.8) is 0 Å². The topological polar surface area (TPSA) is 37.3 Å². The molecule has 2 aromatic carbocycles. The summed E-state index contributed by atoms with van der Waals surface area (Å²) in [6, 6.07) is 16.0. The third-order valence-electron chi connectivity index (χ3n) is 5.91. The van der Waals surface area contributed by atoms with Crippen LogP contribution in [0.4, 0.5) is 0 Å². The second-order valence-corrected chi connectivity index (χ2v) is 7.72. The number of carboxylic acid groups (broad SMARTS) is 1. The van der Waals surface area contributed by atoms with Gasteiger partial charge in [-0.2, -0.15) is 0 Å². The van der Waals surface area contributed by atoms with Crippen LogP contribution in [0.25, 0.3) is 11.1 Å². The van der Waals surface area contributed by atoms with Crippen molar-refractivity contribution in [3.05, 3.63) is 59.7 Å². The quantitative estimate of drug-likeness (QED) is 0.506. The number of benzene rings is 2. The molecule has 2 nitrogen and oxygen atoms in total. The average Bonchev–Trinajstić information content (AvgIpc) is 2.69. The normalized spacial score (nSPS) is 19.3. The molecule has 0 aromatic heterocycles. The zero-order valence-electron chi connectivity index (χ0n) is 16.2. The molecule has 2 aromatic rings. The Morgan fingerprint density at radius 2 is 1.44 bits per heavy atom. The van der Waals surface area contributed by atoms with E-state index in [1.807, 2.05) is 12.1 Å². The third-order valence-corrected chi connectivity index (χ3v) is 5.91. The van der Waals surface area contributed by atoms with Crippen molar-refractivity contribution < 1.29 is 9.90 Å². The van der Waals surface area contributed by atoms with E-state index in [0.717, 1.165) is 17.0 Å². The minimum absolute atomic E-state index is 0. The highest BCUT2D eigenvalue weighted by Crippen LogP contribution is 2.38. The van der Waals surface area contributed by atoms with Crippen LogP contribution >= 0.6 is 12.4 Å². The second kappa shape index (κ2) is 10.5. The molecule has 1 N–H and O–H groups in total. The number of carbonyl (C=O) groups is 1. The van der Waals surface area contributed by atoms with Crippen LogP contribution in [0.5, 0.6) is 0 Å². The average molecular weight is 387 g/mol. The van der Waals surface area contributed by atoms with Crippen LogP contribution in [0.1, 0.15) is 80.1 Å². The van der Waals surface area contributed by atoms with Crippen molar-refractivity contribution in [1.82, 2.24) is 0 Å². The molecular weight excluding hydrogens is 356 g/mol. The van der Waals surface area contributed by atoms with E-state index in [1.165, 1.54) is 56.9 Å². The Labute approximate surface area is 169 Å². The van der Waals surface area contributed by atoms with Gasteiger partial charge >= 0.3 is 5.97 Å². The molecule has 0 unspecified atom stereocenters. The van der Waals surface area contributed by atoms with Crippen molar-refractivity contribution in [2.24, 2.45) is 5.92 Å². The van der Waals surface area contributed by atoms with E-state index in [1.54, 1.807) is 12.1 Å². The summed E-state index contributed by atoms with van der Waals surface area (Å²) in [5, 5.41) is 9.01. The first kappa shape index (κ1) is 21.5. The summed E-state index contributed by atoms with van der Waals surface area (Å²) < 4.78 is 0. The van der Waals surface area contributed by atoms with Crippen LogP contribution in [0.15, 0.2) is 48.5 Å². The van der Waals surface area contributed by atoms with Gasteiger partial charge < -0.3 is 5.11 Å². The molecule has 3 rings (SSSR count). The molecule has 0 bridgehead atoms. The van der Waals surface area contributed by atoms with Crippen molar-refractivity contribution >= 4 is 18.4 Å². The monoisotopic (exact) mass is 386 g/mol. The fraction of sp³-hybridized carbons (Fsp3) is 0.458. The molecule has 0 amide bonds. The lowest BCUT2D eigenvalue weighted by molar-refractivity contribution is 0.0697. The smallest absolute Gasteiger partial charge is 0.335 e. The summed E-state index contributed by atoms with van der Waals surface area (Å²) >= 11 is 0. The Kier molecular flexibility index (Phi) is 8.37. The van der Waals surface area contributed by atoms with Crippen molar-refractivity contribution in [2.45, 2.75) is 64.2 Å². The Hall–Kier alpha value is -1.80.